The van der Waals surface area contributed by atoms with E-state index >= 15 is 0 Å². The predicted molar refractivity (Wildman–Crippen MR) is 47.7 cm³/mol. The van der Waals surface area contributed by atoms with Crippen molar-refractivity contribution in [1.29, 1.82) is 5.26 Å². The molecule has 0 spiro atoms. The van der Waals surface area contributed by atoms with Crippen LogP contribution in [0.15, 0.2) is 6.20 Å². The van der Waals surface area contributed by atoms with Crippen molar-refractivity contribution >= 4 is 28.8 Å². The average molecular weight is 231 g/mol. The van der Waals surface area contributed by atoms with Gasteiger partial charge < -0.3 is 0 Å². The maximum absolute atomic E-state index is 13.1. The average Bonchev–Trinajstić information content (AvgIpc) is 2.57. The second-order valence-corrected chi connectivity index (χ2v) is 3.13. The van der Waals surface area contributed by atoms with E-state index in [2.05, 4.69) is 10.1 Å². The summed E-state index contributed by atoms with van der Waals surface area (Å²) in [6, 6.07) is 1.84. The van der Waals surface area contributed by atoms with Gasteiger partial charge in [0.15, 0.2) is 21.8 Å². The van der Waals surface area contributed by atoms with Crippen LogP contribution in [0.25, 0.3) is 5.65 Å². The number of halogens is 3. The Bertz CT molecular complexity index is 557. The minimum absolute atomic E-state index is 0.143. The molecule has 0 aromatic carbocycles. The van der Waals surface area contributed by atoms with Gasteiger partial charge in [0.05, 0.1) is 6.20 Å². The highest BCUT2D eigenvalue weighted by molar-refractivity contribution is 6.33. The summed E-state index contributed by atoms with van der Waals surface area (Å²) < 4.78 is 14.1. The minimum atomic E-state index is -0.853. The van der Waals surface area contributed by atoms with Crippen LogP contribution in [-0.4, -0.2) is 14.6 Å². The molecule has 0 radical (unpaired) electrons. The summed E-state index contributed by atoms with van der Waals surface area (Å²) in [6.45, 7) is 0. The molecule has 0 N–H and O–H groups in total. The highest BCUT2D eigenvalue weighted by Gasteiger charge is 2.15. The van der Waals surface area contributed by atoms with Crippen LogP contribution in [0, 0.1) is 17.1 Å². The Morgan fingerprint density at radius 2 is 2.21 bits per heavy atom. The van der Waals surface area contributed by atoms with Crippen LogP contribution in [0.3, 0.4) is 0 Å². The molecule has 0 amide bonds. The van der Waals surface area contributed by atoms with Gasteiger partial charge in [-0.15, -0.1) is 0 Å². The molecule has 0 aliphatic heterocycles. The fourth-order valence-electron chi connectivity index (χ4n) is 0.992. The molecule has 2 heterocycles. The Balaban J connectivity index is 2.95. The van der Waals surface area contributed by atoms with E-state index in [-0.39, 0.29) is 21.5 Å². The lowest BCUT2D eigenvalue weighted by Gasteiger charge is -1.99. The molecule has 0 unspecified atom stereocenters. The number of fused-ring (bicyclic) bond motifs is 1. The molecule has 0 saturated carbocycles. The summed E-state index contributed by atoms with van der Waals surface area (Å²) in [6.07, 6.45) is 1.24. The molecule has 0 saturated heterocycles. The lowest BCUT2D eigenvalue weighted by Crippen LogP contribution is -1.97. The van der Waals surface area contributed by atoms with Gasteiger partial charge >= 0.3 is 0 Å². The number of nitriles is 1. The van der Waals surface area contributed by atoms with E-state index in [1.165, 1.54) is 6.20 Å². The van der Waals surface area contributed by atoms with Crippen LogP contribution in [0.5, 0.6) is 0 Å². The largest absolute Gasteiger partial charge is 0.212 e. The smallest absolute Gasteiger partial charge is 0.197 e. The van der Waals surface area contributed by atoms with Gasteiger partial charge in [-0.2, -0.15) is 14.9 Å². The summed E-state index contributed by atoms with van der Waals surface area (Å²) in [7, 11) is 0. The van der Waals surface area contributed by atoms with Crippen molar-refractivity contribution in [2.75, 3.05) is 0 Å². The van der Waals surface area contributed by atoms with Crippen molar-refractivity contribution in [2.45, 2.75) is 0 Å². The van der Waals surface area contributed by atoms with Crippen molar-refractivity contribution in [3.8, 4) is 6.07 Å². The maximum Gasteiger partial charge on any atom is 0.197 e. The van der Waals surface area contributed by atoms with Crippen LogP contribution in [0.1, 0.15) is 5.56 Å². The van der Waals surface area contributed by atoms with Crippen LogP contribution in [0.2, 0.25) is 10.3 Å². The first-order chi connectivity index (χ1) is 6.65. The molecule has 0 bridgehead atoms. The molecule has 0 atom stereocenters. The topological polar surface area (TPSA) is 54.0 Å². The molecule has 14 heavy (non-hydrogen) atoms. The lowest BCUT2D eigenvalue weighted by atomic mass is 10.4. The van der Waals surface area contributed by atoms with E-state index in [0.29, 0.717) is 0 Å². The number of aromatic nitrogens is 3. The zero-order valence-electron chi connectivity index (χ0n) is 6.50. The Hall–Kier alpha value is -1.38. The van der Waals surface area contributed by atoms with Crippen molar-refractivity contribution < 1.29 is 4.39 Å². The summed E-state index contributed by atoms with van der Waals surface area (Å²) in [4.78, 5) is 3.65. The molecule has 0 aliphatic carbocycles. The maximum atomic E-state index is 13.1. The standard InChI is InChI=1S/C7HCl2FN4/c8-5-4(10)6(9)14-7(13-5)3(1-11)2-12-14/h2H. The fraction of sp³-hybridized carbons (Fsp3) is 0. The van der Waals surface area contributed by atoms with Crippen LogP contribution in [-0.2, 0) is 0 Å². The summed E-state index contributed by atoms with van der Waals surface area (Å²) in [5.74, 6) is -0.853. The quantitative estimate of drug-likeness (QED) is 0.652. The van der Waals surface area contributed by atoms with Crippen LogP contribution < -0.4 is 0 Å². The molecule has 7 heteroatoms. The van der Waals surface area contributed by atoms with Crippen molar-refractivity contribution in [1.82, 2.24) is 14.6 Å². The van der Waals surface area contributed by atoms with Gasteiger partial charge in [0.25, 0.3) is 0 Å². The van der Waals surface area contributed by atoms with Gasteiger partial charge in [0.1, 0.15) is 11.6 Å². The normalized spacial score (nSPS) is 10.4. The second kappa shape index (κ2) is 3.08. The van der Waals surface area contributed by atoms with Crippen molar-refractivity contribution in [3.63, 3.8) is 0 Å². The van der Waals surface area contributed by atoms with E-state index in [4.69, 9.17) is 28.5 Å². The molecule has 2 aromatic heterocycles. The monoisotopic (exact) mass is 230 g/mol. The predicted octanol–water partition coefficient (Wildman–Crippen LogP) is 2.05. The lowest BCUT2D eigenvalue weighted by molar-refractivity contribution is 0.608. The molecule has 0 aliphatic rings. The molecule has 4 nitrogen and oxygen atoms in total. The van der Waals surface area contributed by atoms with Crippen LogP contribution >= 0.6 is 23.2 Å². The van der Waals surface area contributed by atoms with Gasteiger partial charge in [0.2, 0.25) is 0 Å². The van der Waals surface area contributed by atoms with Crippen molar-refractivity contribution in [2.24, 2.45) is 0 Å². The number of hydrogen-bond donors (Lipinski definition) is 0. The first-order valence-electron chi connectivity index (χ1n) is 3.43. The third-order valence-electron chi connectivity index (χ3n) is 1.62. The van der Waals surface area contributed by atoms with E-state index < -0.39 is 5.82 Å². The van der Waals surface area contributed by atoms with E-state index in [9.17, 15) is 4.39 Å². The van der Waals surface area contributed by atoms with Gasteiger partial charge in [-0.25, -0.2) is 9.37 Å². The molecule has 2 aromatic rings. The molecule has 0 fully saturated rings. The zero-order valence-corrected chi connectivity index (χ0v) is 8.01. The summed E-state index contributed by atoms with van der Waals surface area (Å²) in [5.41, 5.74) is 0.331. The number of rotatable bonds is 0. The van der Waals surface area contributed by atoms with Gasteiger partial charge in [-0.05, 0) is 0 Å². The molecular formula is C7HCl2FN4. The highest BCUT2D eigenvalue weighted by atomic mass is 35.5. The third kappa shape index (κ3) is 1.12. The third-order valence-corrected chi connectivity index (χ3v) is 2.19. The Labute approximate surface area is 87.5 Å². The number of nitrogens with zero attached hydrogens (tertiary/aromatic N) is 4. The van der Waals surface area contributed by atoms with Crippen LogP contribution in [0.4, 0.5) is 4.39 Å². The zero-order chi connectivity index (χ0) is 10.3. The second-order valence-electron chi connectivity index (χ2n) is 2.41. The minimum Gasteiger partial charge on any atom is -0.212 e. The first kappa shape index (κ1) is 9.19. The molecular weight excluding hydrogens is 230 g/mol. The molecule has 70 valence electrons. The van der Waals surface area contributed by atoms with Gasteiger partial charge in [-0.3, -0.25) is 0 Å². The fourth-order valence-corrected chi connectivity index (χ4v) is 1.42. The summed E-state index contributed by atoms with van der Waals surface area (Å²) in [5, 5.41) is 11.7. The number of hydrogen-bond acceptors (Lipinski definition) is 3. The van der Waals surface area contributed by atoms with E-state index in [1.54, 1.807) is 0 Å². The Kier molecular flexibility index (Phi) is 2.02. The summed E-state index contributed by atoms with van der Waals surface area (Å²) >= 11 is 11.1. The van der Waals surface area contributed by atoms with Gasteiger partial charge in [-0.1, -0.05) is 23.2 Å². The van der Waals surface area contributed by atoms with E-state index in [0.717, 1.165) is 4.52 Å². The molecule has 2 rings (SSSR count). The first-order valence-corrected chi connectivity index (χ1v) is 4.19. The SMILES string of the molecule is N#Cc1cnn2c(Cl)c(F)c(Cl)nc12. The Morgan fingerprint density at radius 3 is 2.86 bits per heavy atom. The Morgan fingerprint density at radius 1 is 1.50 bits per heavy atom. The van der Waals surface area contributed by atoms with Gasteiger partial charge in [0, 0.05) is 0 Å². The van der Waals surface area contributed by atoms with E-state index in [1.807, 2.05) is 6.07 Å². The highest BCUT2D eigenvalue weighted by Crippen LogP contribution is 2.23. The van der Waals surface area contributed by atoms with Crippen molar-refractivity contribution in [3.05, 3.63) is 27.9 Å².